The van der Waals surface area contributed by atoms with E-state index in [9.17, 15) is 14.4 Å². The lowest BCUT2D eigenvalue weighted by Crippen LogP contribution is -2.43. The molecular weight excluding hydrogens is 474 g/mol. The maximum absolute atomic E-state index is 12.6. The molecule has 3 rings (SSSR count). The molecule has 2 aromatic carbocycles. The summed E-state index contributed by atoms with van der Waals surface area (Å²) in [6, 6.07) is 13.2. The summed E-state index contributed by atoms with van der Waals surface area (Å²) >= 11 is 0. The molecule has 0 atom stereocenters. The van der Waals surface area contributed by atoms with E-state index in [0.29, 0.717) is 56.9 Å². The predicted octanol–water partition coefficient (Wildman–Crippen LogP) is 2.71. The molecule has 0 unspecified atom stereocenters. The lowest BCUT2D eigenvalue weighted by Gasteiger charge is -2.31. The van der Waals surface area contributed by atoms with Crippen LogP contribution in [0.2, 0.25) is 0 Å². The van der Waals surface area contributed by atoms with Crippen LogP contribution < -0.4 is 24.8 Å². The zero-order valence-corrected chi connectivity index (χ0v) is 21.9. The molecule has 0 aromatic heterocycles. The van der Waals surface area contributed by atoms with Crippen molar-refractivity contribution in [2.75, 3.05) is 41.0 Å². The summed E-state index contributed by atoms with van der Waals surface area (Å²) in [6.07, 6.45) is 2.24. The summed E-state index contributed by atoms with van der Waals surface area (Å²) < 4.78 is 15.7. The Kier molecular flexibility index (Phi) is 10.6. The monoisotopic (exact) mass is 511 g/mol. The number of hydrogen-bond donors (Lipinski definition) is 2. The number of rotatable bonds is 12. The molecule has 9 nitrogen and oxygen atoms in total. The second kappa shape index (κ2) is 14.1. The van der Waals surface area contributed by atoms with Crippen LogP contribution in [0.25, 0.3) is 0 Å². The Morgan fingerprint density at radius 3 is 2.16 bits per heavy atom. The Hall–Kier alpha value is -3.75. The van der Waals surface area contributed by atoms with Crippen LogP contribution in [0.15, 0.2) is 42.5 Å². The fourth-order valence-electron chi connectivity index (χ4n) is 4.31. The van der Waals surface area contributed by atoms with Gasteiger partial charge >= 0.3 is 0 Å². The van der Waals surface area contributed by atoms with Crippen LogP contribution in [0, 0.1) is 5.92 Å². The third-order valence-corrected chi connectivity index (χ3v) is 6.59. The molecular formula is C28H37N3O6. The van der Waals surface area contributed by atoms with Crippen LogP contribution in [0.3, 0.4) is 0 Å². The minimum atomic E-state index is -0.159. The van der Waals surface area contributed by atoms with Gasteiger partial charge in [0.2, 0.25) is 17.7 Å². The summed E-state index contributed by atoms with van der Waals surface area (Å²) in [5.74, 6) is 1.80. The summed E-state index contributed by atoms with van der Waals surface area (Å²) in [4.78, 5) is 39.1. The van der Waals surface area contributed by atoms with Crippen LogP contribution in [0.4, 0.5) is 0 Å². The average molecular weight is 512 g/mol. The lowest BCUT2D eigenvalue weighted by molar-refractivity contribution is -0.136. The lowest BCUT2D eigenvalue weighted by atomic mass is 9.95. The molecule has 0 saturated carbocycles. The fraction of sp³-hybridized carbons (Fsp3) is 0.464. The zero-order valence-electron chi connectivity index (χ0n) is 21.9. The van der Waals surface area contributed by atoms with Crippen molar-refractivity contribution < 1.29 is 28.6 Å². The molecule has 0 radical (unpaired) electrons. The van der Waals surface area contributed by atoms with Crippen LogP contribution in [0.1, 0.15) is 36.8 Å². The highest BCUT2D eigenvalue weighted by atomic mass is 16.5. The number of nitrogens with zero attached hydrogens (tertiary/aromatic N) is 1. The quantitative estimate of drug-likeness (QED) is 0.454. The van der Waals surface area contributed by atoms with Gasteiger partial charge in [-0.1, -0.05) is 18.2 Å². The number of amides is 3. The highest BCUT2D eigenvalue weighted by Gasteiger charge is 2.27. The van der Waals surface area contributed by atoms with Crippen LogP contribution in [0.5, 0.6) is 17.2 Å². The van der Waals surface area contributed by atoms with Gasteiger partial charge in [-0.3, -0.25) is 14.4 Å². The molecule has 1 heterocycles. The van der Waals surface area contributed by atoms with E-state index in [1.807, 2.05) is 42.5 Å². The van der Waals surface area contributed by atoms with Gasteiger partial charge < -0.3 is 29.7 Å². The zero-order chi connectivity index (χ0) is 26.6. The van der Waals surface area contributed by atoms with Crippen LogP contribution in [-0.2, 0) is 27.3 Å². The third-order valence-electron chi connectivity index (χ3n) is 6.59. The first-order chi connectivity index (χ1) is 17.9. The Labute approximate surface area is 218 Å². The molecule has 37 heavy (non-hydrogen) atoms. The Bertz CT molecular complexity index is 1050. The van der Waals surface area contributed by atoms with Crippen molar-refractivity contribution in [3.8, 4) is 17.2 Å². The Morgan fingerprint density at radius 2 is 1.51 bits per heavy atom. The fourth-order valence-corrected chi connectivity index (χ4v) is 4.31. The summed E-state index contributed by atoms with van der Waals surface area (Å²) in [7, 11) is 4.80. The Morgan fingerprint density at radius 1 is 0.838 bits per heavy atom. The van der Waals surface area contributed by atoms with Gasteiger partial charge in [-0.2, -0.15) is 0 Å². The van der Waals surface area contributed by atoms with E-state index < -0.39 is 0 Å². The molecule has 1 fully saturated rings. The number of carbonyl (C=O) groups excluding carboxylic acids is 3. The van der Waals surface area contributed by atoms with Crippen LogP contribution in [-0.4, -0.2) is 63.6 Å². The van der Waals surface area contributed by atoms with E-state index in [1.54, 1.807) is 26.2 Å². The topological polar surface area (TPSA) is 106 Å². The highest BCUT2D eigenvalue weighted by Crippen LogP contribution is 2.27. The van der Waals surface area contributed by atoms with Crippen molar-refractivity contribution in [1.82, 2.24) is 15.5 Å². The van der Waals surface area contributed by atoms with Crippen molar-refractivity contribution in [3.63, 3.8) is 0 Å². The van der Waals surface area contributed by atoms with Crippen molar-refractivity contribution in [2.45, 2.75) is 38.6 Å². The molecule has 2 aromatic rings. The van der Waals surface area contributed by atoms with Gasteiger partial charge in [0.1, 0.15) is 5.75 Å². The van der Waals surface area contributed by atoms with Crippen molar-refractivity contribution in [3.05, 3.63) is 53.6 Å². The first-order valence-electron chi connectivity index (χ1n) is 12.6. The standard InChI is InChI=1S/C28H37N3O6/c1-35-23-7-4-21(5-8-23)19-30-26(32)10-11-27(33)31-16-13-22(14-17-31)28(34)29-15-12-20-6-9-24(36-2)25(18-20)37-3/h4-9,18,22H,10-17,19H2,1-3H3,(H,29,34)(H,30,32). The number of carbonyl (C=O) groups is 3. The minimum Gasteiger partial charge on any atom is -0.497 e. The maximum atomic E-state index is 12.6. The number of ether oxygens (including phenoxy) is 3. The van der Waals surface area contributed by atoms with Gasteiger partial charge in [0.05, 0.1) is 21.3 Å². The van der Waals surface area contributed by atoms with Crippen LogP contribution >= 0.6 is 0 Å². The molecule has 200 valence electrons. The SMILES string of the molecule is COc1ccc(CNC(=O)CCC(=O)N2CCC(C(=O)NCCc3ccc(OC)c(OC)c3)CC2)cc1. The molecule has 2 N–H and O–H groups in total. The molecule has 3 amide bonds. The average Bonchev–Trinajstić information content (AvgIpc) is 2.94. The second-order valence-electron chi connectivity index (χ2n) is 9.01. The number of methoxy groups -OCH3 is 3. The van der Waals surface area contributed by atoms with Crippen molar-refractivity contribution in [1.29, 1.82) is 0 Å². The van der Waals surface area contributed by atoms with Gasteiger partial charge in [-0.15, -0.1) is 0 Å². The largest absolute Gasteiger partial charge is 0.497 e. The summed E-state index contributed by atoms with van der Waals surface area (Å²) in [6.45, 7) is 1.99. The molecule has 0 spiro atoms. The third kappa shape index (κ3) is 8.41. The Balaban J connectivity index is 1.32. The smallest absolute Gasteiger partial charge is 0.223 e. The molecule has 0 bridgehead atoms. The number of piperidine rings is 1. The molecule has 1 aliphatic heterocycles. The van der Waals surface area contributed by atoms with E-state index in [0.717, 1.165) is 16.9 Å². The molecule has 9 heteroatoms. The van der Waals surface area contributed by atoms with Gasteiger partial charge in [-0.05, 0) is 54.7 Å². The normalized spacial score (nSPS) is 13.5. The van der Waals surface area contributed by atoms with E-state index in [4.69, 9.17) is 14.2 Å². The maximum Gasteiger partial charge on any atom is 0.223 e. The first kappa shape index (κ1) is 27.8. The van der Waals surface area contributed by atoms with Gasteiger partial charge in [0.15, 0.2) is 11.5 Å². The van der Waals surface area contributed by atoms with Crippen molar-refractivity contribution >= 4 is 17.7 Å². The van der Waals surface area contributed by atoms with E-state index in [1.165, 1.54) is 0 Å². The predicted molar refractivity (Wildman–Crippen MR) is 140 cm³/mol. The summed E-state index contributed by atoms with van der Waals surface area (Å²) in [5, 5.41) is 5.85. The summed E-state index contributed by atoms with van der Waals surface area (Å²) in [5.41, 5.74) is 2.01. The number of nitrogens with one attached hydrogen (secondary N) is 2. The van der Waals surface area contributed by atoms with Crippen molar-refractivity contribution in [2.24, 2.45) is 5.92 Å². The molecule has 1 aliphatic rings. The second-order valence-corrected chi connectivity index (χ2v) is 9.01. The molecule has 0 aliphatic carbocycles. The number of benzene rings is 2. The van der Waals surface area contributed by atoms with Gasteiger partial charge in [0, 0.05) is 44.9 Å². The highest BCUT2D eigenvalue weighted by molar-refractivity contribution is 5.84. The van der Waals surface area contributed by atoms with E-state index >= 15 is 0 Å². The molecule has 1 saturated heterocycles. The number of hydrogen-bond acceptors (Lipinski definition) is 6. The minimum absolute atomic E-state index is 0.0190. The van der Waals surface area contributed by atoms with E-state index in [-0.39, 0.29) is 36.5 Å². The van der Waals surface area contributed by atoms with Gasteiger partial charge in [-0.25, -0.2) is 0 Å². The van der Waals surface area contributed by atoms with Gasteiger partial charge in [0.25, 0.3) is 0 Å². The number of likely N-dealkylation sites (tertiary alicyclic amines) is 1. The van der Waals surface area contributed by atoms with E-state index in [2.05, 4.69) is 10.6 Å². The first-order valence-corrected chi connectivity index (χ1v) is 12.6.